The molecule has 8 nitrogen and oxygen atoms in total. The van der Waals surface area contributed by atoms with Gasteiger partial charge in [0.1, 0.15) is 27.6 Å². The van der Waals surface area contributed by atoms with Crippen molar-refractivity contribution in [3.05, 3.63) is 28.8 Å². The molecule has 168 valence electrons. The highest BCUT2D eigenvalue weighted by molar-refractivity contribution is 7.27. The van der Waals surface area contributed by atoms with Crippen molar-refractivity contribution in [2.45, 2.75) is 0 Å². The zero-order valence-electron chi connectivity index (χ0n) is 17.7. The van der Waals surface area contributed by atoms with Crippen molar-refractivity contribution in [3.63, 3.8) is 0 Å². The molecule has 33 heavy (non-hydrogen) atoms. The topological polar surface area (TPSA) is 98.3 Å². The van der Waals surface area contributed by atoms with Gasteiger partial charge in [-0.3, -0.25) is 0 Å². The molecule has 3 aromatic heterocycles. The summed E-state index contributed by atoms with van der Waals surface area (Å²) in [6.07, 6.45) is 3.51. The lowest BCUT2D eigenvalue weighted by atomic mass is 10.3. The molecule has 0 aliphatic carbocycles. The van der Waals surface area contributed by atoms with Crippen LogP contribution < -0.4 is 9.80 Å². The second-order valence-corrected chi connectivity index (χ2v) is 10.5. The molecule has 0 N–H and O–H groups in total. The Labute approximate surface area is 203 Å². The Hall–Kier alpha value is -2.80. The van der Waals surface area contributed by atoms with Gasteiger partial charge >= 0.3 is 0 Å². The quantitative estimate of drug-likeness (QED) is 0.487. The molecule has 5 rings (SSSR count). The van der Waals surface area contributed by atoms with E-state index in [1.54, 1.807) is 40.1 Å². The Morgan fingerprint density at radius 2 is 1.61 bits per heavy atom. The van der Waals surface area contributed by atoms with Crippen LogP contribution in [0.2, 0.25) is 0 Å². The number of anilines is 2. The third-order valence-corrected chi connectivity index (χ3v) is 8.77. The fraction of sp³-hybridized carbons (Fsp3) is 0.364. The summed E-state index contributed by atoms with van der Waals surface area (Å²) in [6.45, 7) is 6.17. The molecule has 0 amide bonds. The standard InChI is InChI=1S/C22H20N6O2S3/c23-12-15(13-24)11-16-1-2-17(31-16)18-14-25-21(32-18)19-20(27-3-7-29-8-4-27)26-22(33-19)28-5-9-30-10-6-28/h1-2,11,14H,3-10H2. The fourth-order valence-electron chi connectivity index (χ4n) is 3.61. The number of morpholine rings is 2. The summed E-state index contributed by atoms with van der Waals surface area (Å²) >= 11 is 4.87. The number of hydrogen-bond acceptors (Lipinski definition) is 11. The first kappa shape index (κ1) is 22.0. The van der Waals surface area contributed by atoms with Gasteiger partial charge in [-0.2, -0.15) is 10.5 Å². The van der Waals surface area contributed by atoms with Gasteiger partial charge in [-0.05, 0) is 18.2 Å². The lowest BCUT2D eigenvalue weighted by molar-refractivity contribution is 0.122. The SMILES string of the molecule is N#CC(C#N)=Cc1ccc(-c2cnc(-c3sc(N4CCOCC4)nc3N3CCOCC3)s2)s1. The molecule has 0 bridgehead atoms. The average molecular weight is 497 g/mol. The number of rotatable bonds is 5. The Balaban J connectivity index is 1.46. The lowest BCUT2D eigenvalue weighted by Crippen LogP contribution is -2.37. The number of nitriles is 2. The zero-order valence-corrected chi connectivity index (χ0v) is 20.1. The smallest absolute Gasteiger partial charge is 0.188 e. The third kappa shape index (κ3) is 4.78. The first-order chi connectivity index (χ1) is 16.2. The molecule has 2 aliphatic rings. The van der Waals surface area contributed by atoms with E-state index in [9.17, 15) is 0 Å². The summed E-state index contributed by atoms with van der Waals surface area (Å²) in [5.41, 5.74) is 0.101. The summed E-state index contributed by atoms with van der Waals surface area (Å²) in [6, 6.07) is 7.75. The van der Waals surface area contributed by atoms with Crippen molar-refractivity contribution in [2.24, 2.45) is 0 Å². The van der Waals surface area contributed by atoms with E-state index in [0.717, 1.165) is 74.9 Å². The minimum atomic E-state index is 0.101. The molecule has 2 fully saturated rings. The van der Waals surface area contributed by atoms with Crippen LogP contribution >= 0.6 is 34.0 Å². The van der Waals surface area contributed by atoms with Crippen molar-refractivity contribution in [2.75, 3.05) is 62.4 Å². The maximum Gasteiger partial charge on any atom is 0.188 e. The van der Waals surface area contributed by atoms with E-state index in [1.807, 2.05) is 30.5 Å². The lowest BCUT2D eigenvalue weighted by Gasteiger charge is -2.28. The summed E-state index contributed by atoms with van der Waals surface area (Å²) < 4.78 is 11.1. The van der Waals surface area contributed by atoms with Crippen molar-refractivity contribution in [1.82, 2.24) is 9.97 Å². The molecule has 0 spiro atoms. The Morgan fingerprint density at radius 3 is 2.30 bits per heavy atom. The van der Waals surface area contributed by atoms with E-state index in [-0.39, 0.29) is 5.57 Å². The van der Waals surface area contributed by atoms with Crippen LogP contribution in [0, 0.1) is 22.7 Å². The van der Waals surface area contributed by atoms with E-state index in [2.05, 4.69) is 9.80 Å². The maximum absolute atomic E-state index is 9.00. The van der Waals surface area contributed by atoms with Crippen LogP contribution in [-0.4, -0.2) is 62.6 Å². The van der Waals surface area contributed by atoms with Crippen molar-refractivity contribution in [1.29, 1.82) is 10.5 Å². The largest absolute Gasteiger partial charge is 0.378 e. The maximum atomic E-state index is 9.00. The molecule has 0 atom stereocenters. The molecule has 0 radical (unpaired) electrons. The number of ether oxygens (including phenoxy) is 2. The van der Waals surface area contributed by atoms with Crippen molar-refractivity contribution in [3.8, 4) is 31.8 Å². The van der Waals surface area contributed by atoms with E-state index < -0.39 is 0 Å². The molecule has 0 aromatic carbocycles. The molecule has 5 heterocycles. The van der Waals surface area contributed by atoms with Gasteiger partial charge in [-0.1, -0.05) is 11.3 Å². The predicted molar refractivity (Wildman–Crippen MR) is 132 cm³/mol. The van der Waals surface area contributed by atoms with Gasteiger partial charge in [-0.25, -0.2) is 9.97 Å². The number of hydrogen-bond donors (Lipinski definition) is 0. The number of allylic oxidation sites excluding steroid dienone is 1. The number of thiazole rings is 2. The van der Waals surface area contributed by atoms with Crippen LogP contribution in [0.3, 0.4) is 0 Å². The van der Waals surface area contributed by atoms with Gasteiger partial charge in [0.25, 0.3) is 0 Å². The van der Waals surface area contributed by atoms with Crippen molar-refractivity contribution >= 4 is 51.0 Å². The minimum absolute atomic E-state index is 0.101. The number of nitrogens with zero attached hydrogens (tertiary/aromatic N) is 6. The number of aromatic nitrogens is 2. The molecule has 0 unspecified atom stereocenters. The summed E-state index contributed by atoms with van der Waals surface area (Å²) in [7, 11) is 0. The summed E-state index contributed by atoms with van der Waals surface area (Å²) in [4.78, 5) is 18.4. The highest BCUT2D eigenvalue weighted by atomic mass is 32.1. The van der Waals surface area contributed by atoms with E-state index in [4.69, 9.17) is 30.0 Å². The van der Waals surface area contributed by atoms with E-state index >= 15 is 0 Å². The minimum Gasteiger partial charge on any atom is -0.378 e. The average Bonchev–Trinajstić information content (AvgIpc) is 3.63. The van der Waals surface area contributed by atoms with Crippen LogP contribution in [0.4, 0.5) is 10.9 Å². The predicted octanol–water partition coefficient (Wildman–Crippen LogP) is 4.10. The molecule has 11 heteroatoms. The zero-order chi connectivity index (χ0) is 22.6. The van der Waals surface area contributed by atoms with Crippen LogP contribution in [0.1, 0.15) is 4.88 Å². The first-order valence-electron chi connectivity index (χ1n) is 10.5. The first-order valence-corrected chi connectivity index (χ1v) is 12.9. The molecule has 0 saturated carbocycles. The second-order valence-electron chi connectivity index (χ2n) is 7.36. The van der Waals surface area contributed by atoms with E-state index in [0.29, 0.717) is 13.2 Å². The highest BCUT2D eigenvalue weighted by Gasteiger charge is 2.26. The van der Waals surface area contributed by atoms with Gasteiger partial charge in [0.05, 0.1) is 31.3 Å². The van der Waals surface area contributed by atoms with Gasteiger partial charge in [0.15, 0.2) is 10.9 Å². The second kappa shape index (κ2) is 10.00. The monoisotopic (exact) mass is 496 g/mol. The Morgan fingerprint density at radius 1 is 0.909 bits per heavy atom. The number of thiophene rings is 1. The highest BCUT2D eigenvalue weighted by Crippen LogP contribution is 2.44. The van der Waals surface area contributed by atoms with Crippen LogP contribution in [0.5, 0.6) is 0 Å². The van der Waals surface area contributed by atoms with Crippen LogP contribution in [0.15, 0.2) is 23.9 Å². The molecule has 2 saturated heterocycles. The van der Waals surface area contributed by atoms with Crippen LogP contribution in [-0.2, 0) is 9.47 Å². The van der Waals surface area contributed by atoms with Gasteiger partial charge in [0.2, 0.25) is 0 Å². The third-order valence-electron chi connectivity index (χ3n) is 5.29. The van der Waals surface area contributed by atoms with Crippen LogP contribution in [0.25, 0.3) is 25.7 Å². The normalized spacial score (nSPS) is 16.3. The molecule has 3 aromatic rings. The van der Waals surface area contributed by atoms with Gasteiger partial charge in [0, 0.05) is 42.1 Å². The molecule has 2 aliphatic heterocycles. The Bertz CT molecular complexity index is 1220. The molecular weight excluding hydrogens is 476 g/mol. The van der Waals surface area contributed by atoms with Crippen molar-refractivity contribution < 1.29 is 9.47 Å². The van der Waals surface area contributed by atoms with E-state index in [1.165, 1.54) is 0 Å². The summed E-state index contributed by atoms with van der Waals surface area (Å²) in [5.74, 6) is 0.980. The summed E-state index contributed by atoms with van der Waals surface area (Å²) in [5, 5.41) is 20.0. The fourth-order valence-corrected chi connectivity index (χ4v) is 6.77. The van der Waals surface area contributed by atoms with Gasteiger partial charge < -0.3 is 19.3 Å². The van der Waals surface area contributed by atoms with Gasteiger partial charge in [-0.15, -0.1) is 22.7 Å². The Kier molecular flexibility index (Phi) is 6.67. The molecular formula is C22H20N6O2S3.